The van der Waals surface area contributed by atoms with Crippen LogP contribution in [0.3, 0.4) is 0 Å². The molecule has 3 heteroatoms. The highest BCUT2D eigenvalue weighted by Gasteiger charge is 2.16. The first-order chi connectivity index (χ1) is 8.77. The molecule has 1 aliphatic heterocycles. The molecular weight excluding hydrogens is 224 g/mol. The predicted molar refractivity (Wildman–Crippen MR) is 73.3 cm³/mol. The summed E-state index contributed by atoms with van der Waals surface area (Å²) in [7, 11) is 0. The number of carbonyl (C=O) groups is 1. The lowest BCUT2D eigenvalue weighted by Crippen LogP contribution is -2.41. The van der Waals surface area contributed by atoms with E-state index in [9.17, 15) is 4.79 Å². The van der Waals surface area contributed by atoms with E-state index in [-0.39, 0.29) is 11.9 Å². The van der Waals surface area contributed by atoms with E-state index in [4.69, 9.17) is 0 Å². The average Bonchev–Trinajstić information content (AvgIpc) is 2.46. The van der Waals surface area contributed by atoms with Crippen LogP contribution >= 0.6 is 0 Å². The van der Waals surface area contributed by atoms with Crippen LogP contribution in [0.5, 0.6) is 0 Å². The first-order valence-corrected chi connectivity index (χ1v) is 6.83. The Morgan fingerprint density at radius 1 is 1.22 bits per heavy atom. The molecule has 0 bridgehead atoms. The van der Waals surface area contributed by atoms with Crippen LogP contribution in [0.15, 0.2) is 30.3 Å². The Balaban J connectivity index is 1.78. The van der Waals surface area contributed by atoms with Gasteiger partial charge in [0.25, 0.3) is 0 Å². The quantitative estimate of drug-likeness (QED) is 0.884. The number of piperidine rings is 1. The van der Waals surface area contributed by atoms with Gasteiger partial charge in [0.1, 0.15) is 0 Å². The van der Waals surface area contributed by atoms with Gasteiger partial charge in [-0.15, -0.1) is 0 Å². The Morgan fingerprint density at radius 3 is 2.56 bits per heavy atom. The van der Waals surface area contributed by atoms with Crippen molar-refractivity contribution in [2.75, 3.05) is 19.6 Å². The predicted octanol–water partition coefficient (Wildman–Crippen LogP) is 2.35. The number of rotatable bonds is 4. The minimum atomic E-state index is 0.222. The van der Waals surface area contributed by atoms with E-state index in [2.05, 4.69) is 24.4 Å². The van der Waals surface area contributed by atoms with Gasteiger partial charge in [-0.05, 0) is 31.7 Å². The molecule has 1 atom stereocenters. The van der Waals surface area contributed by atoms with Gasteiger partial charge in [-0.3, -0.25) is 4.79 Å². The van der Waals surface area contributed by atoms with Crippen LogP contribution in [-0.4, -0.2) is 30.4 Å². The van der Waals surface area contributed by atoms with Crippen LogP contribution in [0, 0.1) is 0 Å². The minimum Gasteiger partial charge on any atom is -0.342 e. The monoisotopic (exact) mass is 246 g/mol. The van der Waals surface area contributed by atoms with Crippen molar-refractivity contribution in [2.24, 2.45) is 0 Å². The van der Waals surface area contributed by atoms with Crippen LogP contribution < -0.4 is 5.32 Å². The summed E-state index contributed by atoms with van der Waals surface area (Å²) >= 11 is 0. The van der Waals surface area contributed by atoms with Crippen molar-refractivity contribution in [3.63, 3.8) is 0 Å². The van der Waals surface area contributed by atoms with Crippen LogP contribution in [0.2, 0.25) is 0 Å². The smallest absolute Gasteiger partial charge is 0.236 e. The highest BCUT2D eigenvalue weighted by atomic mass is 16.2. The van der Waals surface area contributed by atoms with Gasteiger partial charge < -0.3 is 10.2 Å². The van der Waals surface area contributed by atoms with Gasteiger partial charge in [-0.1, -0.05) is 30.3 Å². The molecule has 18 heavy (non-hydrogen) atoms. The molecule has 2 rings (SSSR count). The van der Waals surface area contributed by atoms with E-state index < -0.39 is 0 Å². The van der Waals surface area contributed by atoms with Crippen molar-refractivity contribution in [1.29, 1.82) is 0 Å². The number of carbonyl (C=O) groups excluding carboxylic acids is 1. The molecule has 0 radical (unpaired) electrons. The first-order valence-electron chi connectivity index (χ1n) is 6.83. The zero-order valence-electron chi connectivity index (χ0n) is 11.1. The molecule has 1 fully saturated rings. The number of benzene rings is 1. The van der Waals surface area contributed by atoms with Gasteiger partial charge in [-0.25, -0.2) is 0 Å². The van der Waals surface area contributed by atoms with Crippen LogP contribution in [0.1, 0.15) is 37.8 Å². The first kappa shape index (κ1) is 13.1. The summed E-state index contributed by atoms with van der Waals surface area (Å²) in [5.74, 6) is 0.234. The third-order valence-corrected chi connectivity index (χ3v) is 3.57. The molecule has 0 spiro atoms. The topological polar surface area (TPSA) is 32.3 Å². The molecule has 0 aliphatic carbocycles. The normalized spacial score (nSPS) is 17.5. The summed E-state index contributed by atoms with van der Waals surface area (Å²) in [6, 6.07) is 10.5. The maximum Gasteiger partial charge on any atom is 0.236 e. The molecule has 3 nitrogen and oxygen atoms in total. The second-order valence-electron chi connectivity index (χ2n) is 4.95. The second kappa shape index (κ2) is 6.55. The molecule has 1 aliphatic rings. The number of nitrogens with one attached hydrogen (secondary N) is 1. The lowest BCUT2D eigenvalue weighted by atomic mass is 10.1. The number of likely N-dealkylation sites (tertiary alicyclic amines) is 1. The molecule has 1 aromatic carbocycles. The fourth-order valence-electron chi connectivity index (χ4n) is 2.36. The highest BCUT2D eigenvalue weighted by molar-refractivity contribution is 5.78. The number of nitrogens with zero attached hydrogens (tertiary/aromatic N) is 1. The highest BCUT2D eigenvalue weighted by Crippen LogP contribution is 2.12. The van der Waals surface area contributed by atoms with Gasteiger partial charge in [0.15, 0.2) is 0 Å². The Hall–Kier alpha value is -1.35. The van der Waals surface area contributed by atoms with Crippen molar-refractivity contribution < 1.29 is 4.79 Å². The van der Waals surface area contributed by atoms with Gasteiger partial charge in [0.2, 0.25) is 5.91 Å². The molecule has 0 aromatic heterocycles. The van der Waals surface area contributed by atoms with Crippen LogP contribution in [-0.2, 0) is 4.79 Å². The second-order valence-corrected chi connectivity index (χ2v) is 4.95. The number of amides is 1. The van der Waals surface area contributed by atoms with Crippen LogP contribution in [0.25, 0.3) is 0 Å². The summed E-state index contributed by atoms with van der Waals surface area (Å²) in [5, 5.41) is 3.30. The van der Waals surface area contributed by atoms with Crippen molar-refractivity contribution in [2.45, 2.75) is 32.2 Å². The van der Waals surface area contributed by atoms with E-state index >= 15 is 0 Å². The average molecular weight is 246 g/mol. The fourth-order valence-corrected chi connectivity index (χ4v) is 2.36. The third kappa shape index (κ3) is 3.57. The van der Waals surface area contributed by atoms with Gasteiger partial charge in [0, 0.05) is 19.1 Å². The van der Waals surface area contributed by atoms with Gasteiger partial charge in [-0.2, -0.15) is 0 Å². The van der Waals surface area contributed by atoms with E-state index in [1.807, 2.05) is 23.1 Å². The molecule has 1 unspecified atom stereocenters. The van der Waals surface area contributed by atoms with Crippen molar-refractivity contribution in [1.82, 2.24) is 10.2 Å². The standard InChI is InChI=1S/C15H22N2O/c1-13(14-8-4-2-5-9-14)16-12-15(18)17-10-6-3-7-11-17/h2,4-5,8-9,13,16H,3,6-7,10-12H2,1H3. The molecule has 98 valence electrons. The van der Waals surface area contributed by atoms with E-state index in [0.29, 0.717) is 6.54 Å². The van der Waals surface area contributed by atoms with Crippen molar-refractivity contribution in [3.05, 3.63) is 35.9 Å². The molecule has 1 aromatic rings. The molecule has 1 amide bonds. The Bertz CT molecular complexity index is 371. The van der Waals surface area contributed by atoms with E-state index in [1.165, 1.54) is 12.0 Å². The van der Waals surface area contributed by atoms with E-state index in [1.54, 1.807) is 0 Å². The van der Waals surface area contributed by atoms with Gasteiger partial charge >= 0.3 is 0 Å². The van der Waals surface area contributed by atoms with Crippen molar-refractivity contribution >= 4 is 5.91 Å². The molecule has 1 heterocycles. The van der Waals surface area contributed by atoms with Crippen molar-refractivity contribution in [3.8, 4) is 0 Å². The SMILES string of the molecule is CC(NCC(=O)N1CCCCC1)c1ccccc1. The molecule has 0 saturated carbocycles. The molecule has 1 saturated heterocycles. The Morgan fingerprint density at radius 2 is 1.89 bits per heavy atom. The minimum absolute atomic E-state index is 0.222. The third-order valence-electron chi connectivity index (χ3n) is 3.57. The summed E-state index contributed by atoms with van der Waals surface area (Å²) < 4.78 is 0. The largest absolute Gasteiger partial charge is 0.342 e. The zero-order valence-corrected chi connectivity index (χ0v) is 11.1. The summed E-state index contributed by atoms with van der Waals surface area (Å²) in [6.07, 6.45) is 3.57. The van der Waals surface area contributed by atoms with E-state index in [0.717, 1.165) is 25.9 Å². The van der Waals surface area contributed by atoms with Crippen LogP contribution in [0.4, 0.5) is 0 Å². The maximum absolute atomic E-state index is 12.0. The lowest BCUT2D eigenvalue weighted by Gasteiger charge is -2.27. The molecular formula is C15H22N2O. The number of hydrogen-bond acceptors (Lipinski definition) is 2. The zero-order chi connectivity index (χ0) is 12.8. The lowest BCUT2D eigenvalue weighted by molar-refractivity contribution is -0.131. The molecule has 1 N–H and O–H groups in total. The maximum atomic E-state index is 12.0. The fraction of sp³-hybridized carbons (Fsp3) is 0.533. The Labute approximate surface area is 109 Å². The Kier molecular flexibility index (Phi) is 4.76. The number of hydrogen-bond donors (Lipinski definition) is 1. The summed E-state index contributed by atoms with van der Waals surface area (Å²) in [4.78, 5) is 14.0. The summed E-state index contributed by atoms with van der Waals surface area (Å²) in [6.45, 7) is 4.40. The summed E-state index contributed by atoms with van der Waals surface area (Å²) in [5.41, 5.74) is 1.23. The van der Waals surface area contributed by atoms with Gasteiger partial charge in [0.05, 0.1) is 6.54 Å².